The Labute approximate surface area is 116 Å². The van der Waals surface area contributed by atoms with E-state index in [0.717, 1.165) is 24.3 Å². The Balaban J connectivity index is 2.26. The van der Waals surface area contributed by atoms with Gasteiger partial charge < -0.3 is 9.94 Å². The van der Waals surface area contributed by atoms with E-state index in [9.17, 15) is 27.9 Å². The summed E-state index contributed by atoms with van der Waals surface area (Å²) in [5, 5.41) is 9.87. The lowest BCUT2D eigenvalue weighted by Gasteiger charge is -2.12. The molecule has 1 saturated heterocycles. The van der Waals surface area contributed by atoms with E-state index in [0.29, 0.717) is 5.06 Å². The summed E-state index contributed by atoms with van der Waals surface area (Å²) < 4.78 is 36.3. The van der Waals surface area contributed by atoms with Gasteiger partial charge >= 0.3 is 12.1 Å². The fraction of sp³-hybridized carbons (Fsp3) is 0.231. The van der Waals surface area contributed by atoms with Gasteiger partial charge in [0.25, 0.3) is 11.8 Å². The Morgan fingerprint density at radius 2 is 1.67 bits per heavy atom. The first kappa shape index (κ1) is 14.8. The molecule has 110 valence electrons. The van der Waals surface area contributed by atoms with Crippen LogP contribution in [0.1, 0.15) is 12.8 Å². The van der Waals surface area contributed by atoms with Gasteiger partial charge in [-0.3, -0.25) is 9.59 Å². The molecule has 0 radical (unpaired) electrons. The van der Waals surface area contributed by atoms with Crippen LogP contribution < -0.4 is 10.4 Å². The summed E-state index contributed by atoms with van der Waals surface area (Å²) in [5.74, 6) is -1.94. The summed E-state index contributed by atoms with van der Waals surface area (Å²) in [6, 6.07) is 4.43. The number of benzene rings is 1. The fourth-order valence-corrected chi connectivity index (χ4v) is 1.66. The highest BCUT2D eigenvalue weighted by Crippen LogP contribution is 2.15. The minimum absolute atomic E-state index is 0.0133. The van der Waals surface area contributed by atoms with Crippen molar-refractivity contribution in [2.24, 2.45) is 0 Å². The second-order valence-electron chi connectivity index (χ2n) is 4.18. The zero-order valence-electron chi connectivity index (χ0n) is 10.5. The molecule has 1 aliphatic heterocycles. The van der Waals surface area contributed by atoms with Gasteiger partial charge in [0.15, 0.2) is 5.22 Å². The first-order valence-electron chi connectivity index (χ1n) is 5.81. The molecule has 0 atom stereocenters. The van der Waals surface area contributed by atoms with Crippen molar-refractivity contribution in [1.29, 1.82) is 0 Å². The molecule has 0 saturated carbocycles. The number of aliphatic hydroxyl groups excluding tert-OH is 1. The van der Waals surface area contributed by atoms with Crippen molar-refractivity contribution in [1.82, 2.24) is 5.06 Å². The summed E-state index contributed by atoms with van der Waals surface area (Å²) in [6.45, 7) is 0. The van der Waals surface area contributed by atoms with E-state index in [1.54, 1.807) is 0 Å². The van der Waals surface area contributed by atoms with Crippen LogP contribution in [0.25, 0.3) is 12.0 Å². The Morgan fingerprint density at radius 1 is 1.14 bits per heavy atom. The van der Waals surface area contributed by atoms with E-state index in [2.05, 4.69) is 0 Å². The van der Waals surface area contributed by atoms with Crippen molar-refractivity contribution in [3.05, 3.63) is 34.7 Å². The number of alkyl halides is 3. The molecule has 1 heterocycles. The van der Waals surface area contributed by atoms with Crippen molar-refractivity contribution in [3.8, 4) is 0 Å². The first-order chi connectivity index (χ1) is 9.76. The molecule has 5 nitrogen and oxygen atoms in total. The van der Waals surface area contributed by atoms with Gasteiger partial charge in [-0.1, -0.05) is 0 Å². The number of hydroxylamine groups is 2. The van der Waals surface area contributed by atoms with Gasteiger partial charge in [0, 0.05) is 25.0 Å². The number of rotatable bonds is 2. The van der Waals surface area contributed by atoms with E-state index in [4.69, 9.17) is 4.84 Å². The SMILES string of the molecule is O=C1CCC(=O)N1OC(O)=c1ccc(=[C+]C(F)(F)F)cc1. The van der Waals surface area contributed by atoms with Gasteiger partial charge in [-0.25, -0.2) is 0 Å². The summed E-state index contributed by atoms with van der Waals surface area (Å²) in [6.07, 6.45) is -3.31. The Hall–Kier alpha value is -2.60. The maximum atomic E-state index is 12.1. The highest BCUT2D eigenvalue weighted by Gasteiger charge is 2.32. The molecular weight excluding hydrogens is 291 g/mol. The average Bonchev–Trinajstić information content (AvgIpc) is 2.69. The zero-order chi connectivity index (χ0) is 15.6. The number of aliphatic hydroxyl groups is 1. The van der Waals surface area contributed by atoms with Crippen LogP contribution in [0.3, 0.4) is 0 Å². The van der Waals surface area contributed by atoms with Gasteiger partial charge in [-0.05, 0) is 0 Å². The van der Waals surface area contributed by atoms with Crippen LogP contribution in [0, 0.1) is 0 Å². The molecule has 0 bridgehead atoms. The Kier molecular flexibility index (Phi) is 3.82. The molecule has 8 heteroatoms. The normalized spacial score (nSPS) is 15.1. The van der Waals surface area contributed by atoms with E-state index in [1.807, 2.05) is 0 Å². The van der Waals surface area contributed by atoms with Crippen molar-refractivity contribution in [2.75, 3.05) is 0 Å². The predicted octanol–water partition coefficient (Wildman–Crippen LogP) is 0.611. The minimum atomic E-state index is -4.57. The average molecular weight is 300 g/mol. The topological polar surface area (TPSA) is 66.8 Å². The molecule has 2 rings (SSSR count). The van der Waals surface area contributed by atoms with Crippen LogP contribution in [0.5, 0.6) is 0 Å². The van der Waals surface area contributed by atoms with E-state index in [1.165, 1.54) is 6.08 Å². The number of carbonyl (C=O) groups is 2. The van der Waals surface area contributed by atoms with Crippen LogP contribution in [0.15, 0.2) is 24.3 Å². The van der Waals surface area contributed by atoms with Gasteiger partial charge in [-0.15, -0.1) is 18.2 Å². The number of nitrogens with zero attached hydrogens (tertiary/aromatic N) is 1. The molecule has 0 spiro atoms. The smallest absolute Gasteiger partial charge is 0.479 e. The summed E-state index contributed by atoms with van der Waals surface area (Å²) in [7, 11) is 0. The maximum absolute atomic E-state index is 12.1. The van der Waals surface area contributed by atoms with E-state index < -0.39 is 23.9 Å². The number of halogens is 3. The molecule has 1 aliphatic rings. The van der Waals surface area contributed by atoms with E-state index >= 15 is 0 Å². The molecule has 0 aliphatic carbocycles. The number of amides is 2. The largest absolute Gasteiger partial charge is 0.514 e. The minimum Gasteiger partial charge on any atom is -0.479 e. The highest BCUT2D eigenvalue weighted by atomic mass is 19.4. The fourth-order valence-electron chi connectivity index (χ4n) is 1.66. The number of imide groups is 1. The molecule has 1 aromatic carbocycles. The molecule has 1 fully saturated rings. The highest BCUT2D eigenvalue weighted by molar-refractivity contribution is 6.00. The molecular formula is C13H9F3NO4+. The predicted molar refractivity (Wildman–Crippen MR) is 63.4 cm³/mol. The third-order valence-corrected chi connectivity index (χ3v) is 2.60. The van der Waals surface area contributed by atoms with Crippen molar-refractivity contribution >= 4 is 23.8 Å². The lowest BCUT2D eigenvalue weighted by Crippen LogP contribution is -2.30. The van der Waals surface area contributed by atoms with Gasteiger partial charge in [-0.2, -0.15) is 0 Å². The second-order valence-corrected chi connectivity index (χ2v) is 4.18. The molecule has 2 amide bonds. The quantitative estimate of drug-likeness (QED) is 0.642. The van der Waals surface area contributed by atoms with Gasteiger partial charge in [0.1, 0.15) is 6.08 Å². The third-order valence-electron chi connectivity index (χ3n) is 2.60. The number of carbonyl (C=O) groups excluding carboxylic acids is 2. The lowest BCUT2D eigenvalue weighted by molar-refractivity contribution is -0.175. The van der Waals surface area contributed by atoms with Gasteiger partial charge in [0.05, 0.1) is 17.4 Å². The lowest BCUT2D eigenvalue weighted by atomic mass is 10.2. The monoisotopic (exact) mass is 300 g/mol. The standard InChI is InChI=1S/C13H8F3NO4/c14-13(15,16)7-8-1-3-9(4-2-8)12(20)21-17-10(18)5-6-11(17)19/h1-4H,5-6H2/p+1. The summed E-state index contributed by atoms with van der Waals surface area (Å²) in [5.41, 5.74) is 0. The number of hydrogen-bond acceptors (Lipinski definition) is 4. The Bertz CT molecular complexity index is 657. The van der Waals surface area contributed by atoms with Gasteiger partial charge in [0.2, 0.25) is 0 Å². The number of hydrogen-bond donors (Lipinski definition) is 1. The molecule has 1 aromatic rings. The van der Waals surface area contributed by atoms with Crippen LogP contribution in [0.4, 0.5) is 13.2 Å². The summed E-state index contributed by atoms with van der Waals surface area (Å²) in [4.78, 5) is 27.3. The molecule has 21 heavy (non-hydrogen) atoms. The van der Waals surface area contributed by atoms with Crippen LogP contribution in [-0.2, 0) is 14.4 Å². The van der Waals surface area contributed by atoms with Crippen LogP contribution in [0.2, 0.25) is 0 Å². The first-order valence-corrected chi connectivity index (χ1v) is 5.81. The second kappa shape index (κ2) is 5.41. The molecule has 0 aromatic heterocycles. The van der Waals surface area contributed by atoms with Crippen molar-refractivity contribution < 1.29 is 32.7 Å². The van der Waals surface area contributed by atoms with Crippen molar-refractivity contribution in [2.45, 2.75) is 19.0 Å². The van der Waals surface area contributed by atoms with E-state index in [-0.39, 0.29) is 23.3 Å². The Morgan fingerprint density at radius 3 is 2.14 bits per heavy atom. The van der Waals surface area contributed by atoms with Crippen LogP contribution in [-0.4, -0.2) is 28.2 Å². The third kappa shape index (κ3) is 3.70. The van der Waals surface area contributed by atoms with Crippen molar-refractivity contribution in [3.63, 3.8) is 0 Å². The maximum Gasteiger partial charge on any atom is 0.514 e. The van der Waals surface area contributed by atoms with Crippen LogP contribution >= 0.6 is 0 Å². The molecule has 1 N–H and O–H groups in total. The summed E-state index contributed by atoms with van der Waals surface area (Å²) >= 11 is 0. The zero-order valence-corrected chi connectivity index (χ0v) is 10.5. The molecule has 0 unspecified atom stereocenters.